The van der Waals surface area contributed by atoms with Crippen LogP contribution in [0.4, 0.5) is 26.3 Å². The fraction of sp³-hybridized carbons (Fsp3) is 0.312. The summed E-state index contributed by atoms with van der Waals surface area (Å²) in [6.45, 7) is 0. The van der Waals surface area contributed by atoms with Crippen molar-refractivity contribution in [3.63, 3.8) is 0 Å². The number of halogens is 8. The number of alkyl halides is 8. The highest BCUT2D eigenvalue weighted by molar-refractivity contribution is 9.12. The van der Waals surface area contributed by atoms with Crippen molar-refractivity contribution in [2.75, 3.05) is 7.11 Å². The predicted molar refractivity (Wildman–Crippen MR) is 93.9 cm³/mol. The number of hydrogen-bond acceptors (Lipinski definition) is 4. The zero-order chi connectivity index (χ0) is 21.3. The van der Waals surface area contributed by atoms with Gasteiger partial charge in [0.2, 0.25) is 0 Å². The van der Waals surface area contributed by atoms with Crippen molar-refractivity contribution in [1.29, 1.82) is 0 Å². The molecular weight excluding hydrogens is 526 g/mol. The Morgan fingerprint density at radius 2 is 1.57 bits per heavy atom. The van der Waals surface area contributed by atoms with Gasteiger partial charge in [0.15, 0.2) is 5.82 Å². The molecule has 12 heteroatoms. The third-order valence-electron chi connectivity index (χ3n) is 3.49. The van der Waals surface area contributed by atoms with Crippen molar-refractivity contribution < 1.29 is 35.9 Å². The van der Waals surface area contributed by atoms with E-state index in [0.29, 0.717) is 12.1 Å². The average molecular weight is 536 g/mol. The standard InChI is InChI=1S/C16H10Br2F6N2O2/c1-28-14(27)12(18)11(17)10-2-3-25-13(26-10)7-4-8(15(19,20)21)6-9(5-7)16(22,23)24/h2-6,11-12H,1H3. The summed E-state index contributed by atoms with van der Waals surface area (Å²) in [5.74, 6) is -1.01. The van der Waals surface area contributed by atoms with Gasteiger partial charge in [-0.2, -0.15) is 26.3 Å². The van der Waals surface area contributed by atoms with Crippen LogP contribution in [0.3, 0.4) is 0 Å². The molecule has 0 spiro atoms. The second kappa shape index (κ2) is 8.36. The summed E-state index contributed by atoms with van der Waals surface area (Å²) in [5.41, 5.74) is -3.26. The second-order valence-corrected chi connectivity index (χ2v) is 7.40. The Labute approximate surface area is 171 Å². The zero-order valence-corrected chi connectivity index (χ0v) is 16.9. The Bertz CT molecular complexity index is 841. The van der Waals surface area contributed by atoms with Gasteiger partial charge in [-0.1, -0.05) is 31.9 Å². The van der Waals surface area contributed by atoms with Crippen LogP contribution >= 0.6 is 31.9 Å². The normalized spacial score (nSPS) is 14.5. The van der Waals surface area contributed by atoms with Gasteiger partial charge in [-0.05, 0) is 24.3 Å². The van der Waals surface area contributed by atoms with Crippen LogP contribution in [0.15, 0.2) is 30.5 Å². The highest BCUT2D eigenvalue weighted by atomic mass is 79.9. The number of aromatic nitrogens is 2. The largest absolute Gasteiger partial charge is 0.468 e. The number of ether oxygens (including phenoxy) is 1. The van der Waals surface area contributed by atoms with Crippen LogP contribution in [0.1, 0.15) is 21.6 Å². The van der Waals surface area contributed by atoms with E-state index >= 15 is 0 Å². The van der Waals surface area contributed by atoms with Crippen LogP contribution in [0.5, 0.6) is 0 Å². The maximum Gasteiger partial charge on any atom is 0.416 e. The Balaban J connectivity index is 2.55. The van der Waals surface area contributed by atoms with E-state index in [1.54, 1.807) is 0 Å². The summed E-state index contributed by atoms with van der Waals surface area (Å²) >= 11 is 6.28. The van der Waals surface area contributed by atoms with Gasteiger partial charge >= 0.3 is 18.3 Å². The minimum absolute atomic E-state index is 0.0202. The third kappa shape index (κ3) is 5.22. The molecule has 1 heterocycles. The predicted octanol–water partition coefficient (Wildman–Crippen LogP) is 5.55. The van der Waals surface area contributed by atoms with E-state index in [4.69, 9.17) is 0 Å². The highest BCUT2D eigenvalue weighted by Gasteiger charge is 2.37. The Hall–Kier alpha value is -1.69. The molecular formula is C16H10Br2F6N2O2. The Morgan fingerprint density at radius 1 is 1.04 bits per heavy atom. The van der Waals surface area contributed by atoms with Gasteiger partial charge in [0, 0.05) is 11.8 Å². The second-order valence-electron chi connectivity index (χ2n) is 5.43. The summed E-state index contributed by atoms with van der Waals surface area (Å²) in [6.07, 6.45) is -8.81. The smallest absolute Gasteiger partial charge is 0.416 e. The summed E-state index contributed by atoms with van der Waals surface area (Å²) < 4.78 is 82.7. The fourth-order valence-corrected chi connectivity index (χ4v) is 3.06. The first-order valence-corrected chi connectivity index (χ1v) is 9.16. The van der Waals surface area contributed by atoms with Crippen LogP contribution in [0.2, 0.25) is 0 Å². The van der Waals surface area contributed by atoms with Gasteiger partial charge in [-0.25, -0.2) is 9.97 Å². The van der Waals surface area contributed by atoms with Gasteiger partial charge < -0.3 is 4.74 Å². The van der Waals surface area contributed by atoms with E-state index in [0.717, 1.165) is 13.3 Å². The molecule has 0 N–H and O–H groups in total. The molecule has 0 amide bonds. The summed E-state index contributed by atoms with van der Waals surface area (Å²) in [7, 11) is 1.16. The molecule has 152 valence electrons. The van der Waals surface area contributed by atoms with E-state index in [1.807, 2.05) is 0 Å². The van der Waals surface area contributed by atoms with E-state index < -0.39 is 44.7 Å². The lowest BCUT2D eigenvalue weighted by molar-refractivity contribution is -0.143. The van der Waals surface area contributed by atoms with Crippen molar-refractivity contribution in [3.8, 4) is 11.4 Å². The maximum atomic E-state index is 13.0. The number of carbonyl (C=O) groups excluding carboxylic acids is 1. The number of methoxy groups -OCH3 is 1. The molecule has 2 atom stereocenters. The topological polar surface area (TPSA) is 52.1 Å². The molecule has 1 aromatic heterocycles. The number of esters is 1. The molecule has 1 aromatic carbocycles. The van der Waals surface area contributed by atoms with Crippen LogP contribution in [0.25, 0.3) is 11.4 Å². The first-order chi connectivity index (χ1) is 12.8. The first-order valence-electron chi connectivity index (χ1n) is 7.33. The monoisotopic (exact) mass is 534 g/mol. The first kappa shape index (κ1) is 22.6. The van der Waals surface area contributed by atoms with E-state index in [2.05, 4.69) is 46.6 Å². The van der Waals surface area contributed by atoms with Crippen molar-refractivity contribution >= 4 is 37.8 Å². The molecule has 0 fully saturated rings. The number of hydrogen-bond donors (Lipinski definition) is 0. The summed E-state index contributed by atoms with van der Waals surface area (Å²) in [4.78, 5) is 17.7. The van der Waals surface area contributed by atoms with Gasteiger partial charge in [0.25, 0.3) is 0 Å². The molecule has 0 aliphatic heterocycles. The SMILES string of the molecule is COC(=O)C(Br)C(Br)c1ccnc(-c2cc(C(F)(F)F)cc(C(F)(F)F)c2)n1. The molecule has 0 aliphatic rings. The van der Waals surface area contributed by atoms with E-state index in [9.17, 15) is 31.1 Å². The van der Waals surface area contributed by atoms with Gasteiger partial charge in [-0.3, -0.25) is 4.79 Å². The minimum atomic E-state index is -4.99. The summed E-state index contributed by atoms with van der Waals surface area (Å²) in [5, 5.41) is 0. The van der Waals surface area contributed by atoms with E-state index in [-0.39, 0.29) is 17.6 Å². The molecule has 0 saturated heterocycles. The lowest BCUT2D eigenvalue weighted by Gasteiger charge is -2.16. The van der Waals surface area contributed by atoms with Crippen LogP contribution in [-0.4, -0.2) is 27.9 Å². The highest BCUT2D eigenvalue weighted by Crippen LogP contribution is 2.38. The number of rotatable bonds is 4. The molecule has 2 aromatic rings. The van der Waals surface area contributed by atoms with Gasteiger partial charge in [0.1, 0.15) is 4.83 Å². The summed E-state index contributed by atoms with van der Waals surface area (Å²) in [6, 6.07) is 2.44. The lowest BCUT2D eigenvalue weighted by Crippen LogP contribution is -2.21. The zero-order valence-electron chi connectivity index (χ0n) is 13.8. The average Bonchev–Trinajstić information content (AvgIpc) is 2.64. The Kier molecular flexibility index (Phi) is 6.74. The van der Waals surface area contributed by atoms with E-state index in [1.165, 1.54) is 6.07 Å². The molecule has 2 unspecified atom stereocenters. The molecule has 28 heavy (non-hydrogen) atoms. The van der Waals surface area contributed by atoms with Crippen LogP contribution in [0, 0.1) is 0 Å². The fourth-order valence-electron chi connectivity index (χ4n) is 2.13. The number of nitrogens with zero attached hydrogens (tertiary/aromatic N) is 2. The number of carbonyl (C=O) groups is 1. The maximum absolute atomic E-state index is 13.0. The number of benzene rings is 1. The third-order valence-corrected chi connectivity index (χ3v) is 6.10. The van der Waals surface area contributed by atoms with Gasteiger partial charge in [0.05, 0.1) is 28.8 Å². The van der Waals surface area contributed by atoms with Crippen molar-refractivity contribution in [2.45, 2.75) is 22.0 Å². The lowest BCUT2D eigenvalue weighted by atomic mass is 10.0. The van der Waals surface area contributed by atoms with Crippen LogP contribution < -0.4 is 0 Å². The molecule has 0 aliphatic carbocycles. The molecule has 2 rings (SSSR count). The molecule has 0 bridgehead atoms. The van der Waals surface area contributed by atoms with Crippen molar-refractivity contribution in [3.05, 3.63) is 47.3 Å². The van der Waals surface area contributed by atoms with Crippen LogP contribution in [-0.2, 0) is 21.9 Å². The van der Waals surface area contributed by atoms with Gasteiger partial charge in [-0.15, -0.1) is 0 Å². The molecule has 0 saturated carbocycles. The Morgan fingerprint density at radius 3 is 2.04 bits per heavy atom. The van der Waals surface area contributed by atoms with Crippen molar-refractivity contribution in [1.82, 2.24) is 9.97 Å². The molecule has 0 radical (unpaired) electrons. The van der Waals surface area contributed by atoms with Crippen molar-refractivity contribution in [2.24, 2.45) is 0 Å². The quantitative estimate of drug-likeness (QED) is 0.292. The molecule has 4 nitrogen and oxygen atoms in total. The minimum Gasteiger partial charge on any atom is -0.468 e.